The van der Waals surface area contributed by atoms with E-state index in [0.29, 0.717) is 38.3 Å². The zero-order valence-electron chi connectivity index (χ0n) is 23.8. The molecule has 2 aliphatic rings. The predicted molar refractivity (Wildman–Crippen MR) is 158 cm³/mol. The molecule has 4 rings (SSSR count). The van der Waals surface area contributed by atoms with Crippen molar-refractivity contribution in [1.29, 1.82) is 0 Å². The van der Waals surface area contributed by atoms with Gasteiger partial charge in [-0.05, 0) is 82.1 Å². The first-order valence-corrected chi connectivity index (χ1v) is 14.3. The fourth-order valence-electron chi connectivity index (χ4n) is 5.71. The van der Waals surface area contributed by atoms with E-state index < -0.39 is 17.7 Å². The minimum absolute atomic E-state index is 0.0865. The molecule has 0 spiro atoms. The van der Waals surface area contributed by atoms with Gasteiger partial charge in [0.2, 0.25) is 18.2 Å². The summed E-state index contributed by atoms with van der Waals surface area (Å²) in [6.07, 6.45) is 6.51. The molecule has 214 valence electrons. The van der Waals surface area contributed by atoms with Crippen LogP contribution < -0.4 is 20.9 Å². The molecule has 2 aromatic carbocycles. The van der Waals surface area contributed by atoms with E-state index in [1.165, 1.54) is 5.57 Å². The fraction of sp³-hybridized carbons (Fsp3) is 0.469. The molecule has 8 nitrogen and oxygen atoms in total. The first-order chi connectivity index (χ1) is 19.2. The lowest BCUT2D eigenvalue weighted by Gasteiger charge is -2.31. The number of hydrogen-bond donors (Lipinski definition) is 4. The van der Waals surface area contributed by atoms with Crippen molar-refractivity contribution < 1.29 is 19.5 Å². The van der Waals surface area contributed by atoms with Gasteiger partial charge in [-0.25, -0.2) is 0 Å². The van der Waals surface area contributed by atoms with Crippen molar-refractivity contribution in [1.82, 2.24) is 10.6 Å². The molecule has 1 aliphatic carbocycles. The van der Waals surface area contributed by atoms with E-state index >= 15 is 0 Å². The first kappa shape index (κ1) is 29.5. The highest BCUT2D eigenvalue weighted by atomic mass is 16.3. The van der Waals surface area contributed by atoms with Crippen molar-refractivity contribution in [3.05, 3.63) is 71.3 Å². The summed E-state index contributed by atoms with van der Waals surface area (Å²) in [6, 6.07) is 15.3. The Morgan fingerprint density at radius 2 is 1.88 bits per heavy atom. The summed E-state index contributed by atoms with van der Waals surface area (Å²) < 4.78 is 0. The lowest BCUT2D eigenvalue weighted by molar-refractivity contribution is -0.128. The maximum Gasteiger partial charge on any atom is 0.249 e. The van der Waals surface area contributed by atoms with Gasteiger partial charge in [-0.2, -0.15) is 0 Å². The molecule has 1 aliphatic heterocycles. The number of aliphatic hydroxyl groups excluding tert-OH is 1. The van der Waals surface area contributed by atoms with Crippen molar-refractivity contribution in [2.45, 2.75) is 82.9 Å². The van der Waals surface area contributed by atoms with Gasteiger partial charge in [-0.1, -0.05) is 48.0 Å². The molecule has 0 saturated carbocycles. The standard InChI is InChI=1S/C32H42N4O4/c1-22(38)19-34-32(2,3)18-30(39)35-28-17-16-25-8-4-7-11-29(25)36(31(28)40)20-23-12-14-24(15-13-23)26-9-5-6-10-27(26)33-21-37/h4-12,21-22,24,28,34,38H,13-20H2,1-3H3,(H,33,37)(H,35,39)/t22-,24?,28-/m1/s1. The third kappa shape index (κ3) is 7.58. The zero-order valence-corrected chi connectivity index (χ0v) is 23.8. The molecule has 0 fully saturated rings. The number of para-hydroxylation sites is 2. The zero-order chi connectivity index (χ0) is 28.7. The quantitative estimate of drug-likeness (QED) is 0.251. The number of amides is 3. The van der Waals surface area contributed by atoms with Gasteiger partial charge < -0.3 is 26.0 Å². The van der Waals surface area contributed by atoms with E-state index in [9.17, 15) is 19.5 Å². The van der Waals surface area contributed by atoms with Gasteiger partial charge in [-0.3, -0.25) is 14.4 Å². The molecular weight excluding hydrogens is 504 g/mol. The Labute approximate surface area is 237 Å². The van der Waals surface area contributed by atoms with Crippen LogP contribution in [0.25, 0.3) is 0 Å². The number of anilines is 2. The van der Waals surface area contributed by atoms with Gasteiger partial charge in [0.05, 0.1) is 6.10 Å². The number of fused-ring (bicyclic) bond motifs is 1. The molecule has 0 saturated heterocycles. The van der Waals surface area contributed by atoms with E-state index in [1.54, 1.807) is 6.92 Å². The van der Waals surface area contributed by atoms with Crippen molar-refractivity contribution in [3.63, 3.8) is 0 Å². The Morgan fingerprint density at radius 1 is 1.12 bits per heavy atom. The molecule has 40 heavy (non-hydrogen) atoms. The van der Waals surface area contributed by atoms with E-state index in [0.717, 1.165) is 41.8 Å². The predicted octanol–water partition coefficient (Wildman–Crippen LogP) is 4.05. The second-order valence-electron chi connectivity index (χ2n) is 11.7. The van der Waals surface area contributed by atoms with Crippen molar-refractivity contribution in [2.75, 3.05) is 23.3 Å². The third-order valence-corrected chi connectivity index (χ3v) is 7.84. The number of allylic oxidation sites excluding steroid dienone is 1. The minimum atomic E-state index is -0.606. The second-order valence-corrected chi connectivity index (χ2v) is 11.7. The van der Waals surface area contributed by atoms with Crippen LogP contribution in [0.15, 0.2) is 60.2 Å². The summed E-state index contributed by atoms with van der Waals surface area (Å²) in [6.45, 7) is 6.42. The normalized spacial score (nSPS) is 20.1. The Hall–Kier alpha value is -3.49. The second kappa shape index (κ2) is 13.2. The van der Waals surface area contributed by atoms with Crippen LogP contribution in [-0.2, 0) is 20.8 Å². The molecule has 3 atom stereocenters. The monoisotopic (exact) mass is 546 g/mol. The Kier molecular flexibility index (Phi) is 9.76. The van der Waals surface area contributed by atoms with Gasteiger partial charge >= 0.3 is 0 Å². The maximum atomic E-state index is 13.9. The lowest BCUT2D eigenvalue weighted by Crippen LogP contribution is -2.51. The summed E-state index contributed by atoms with van der Waals surface area (Å²) in [5.74, 6) is 0.0311. The molecule has 2 aromatic rings. The van der Waals surface area contributed by atoms with Crippen LogP contribution in [0.4, 0.5) is 11.4 Å². The number of hydrogen-bond acceptors (Lipinski definition) is 5. The summed E-state index contributed by atoms with van der Waals surface area (Å²) in [4.78, 5) is 39.8. The molecule has 3 amide bonds. The Bertz CT molecular complexity index is 1240. The number of carbonyl (C=O) groups is 3. The van der Waals surface area contributed by atoms with E-state index in [1.807, 2.05) is 55.1 Å². The highest BCUT2D eigenvalue weighted by molar-refractivity contribution is 6.01. The van der Waals surface area contributed by atoms with Gasteiger partial charge in [0.15, 0.2) is 0 Å². The number of β-amino-alcohol motifs (C(OH)–C–C–N with tert-alkyl or cyclic N) is 1. The van der Waals surface area contributed by atoms with Gasteiger partial charge in [0.25, 0.3) is 0 Å². The highest BCUT2D eigenvalue weighted by Crippen LogP contribution is 2.37. The maximum absolute atomic E-state index is 13.9. The Morgan fingerprint density at radius 3 is 2.60 bits per heavy atom. The van der Waals surface area contributed by atoms with Gasteiger partial charge in [-0.15, -0.1) is 0 Å². The van der Waals surface area contributed by atoms with Crippen LogP contribution >= 0.6 is 0 Å². The van der Waals surface area contributed by atoms with Crippen molar-refractivity contribution in [2.24, 2.45) is 0 Å². The van der Waals surface area contributed by atoms with Crippen LogP contribution in [0.5, 0.6) is 0 Å². The summed E-state index contributed by atoms with van der Waals surface area (Å²) in [7, 11) is 0. The largest absolute Gasteiger partial charge is 0.392 e. The number of nitrogens with one attached hydrogen (secondary N) is 3. The smallest absolute Gasteiger partial charge is 0.249 e. The molecule has 8 heteroatoms. The first-order valence-electron chi connectivity index (χ1n) is 14.3. The highest BCUT2D eigenvalue weighted by Gasteiger charge is 2.33. The average molecular weight is 547 g/mol. The van der Waals surface area contributed by atoms with Crippen LogP contribution in [0.1, 0.15) is 69.9 Å². The molecule has 0 bridgehead atoms. The van der Waals surface area contributed by atoms with Crippen LogP contribution in [0.2, 0.25) is 0 Å². The topological polar surface area (TPSA) is 111 Å². The Balaban J connectivity index is 1.47. The molecule has 0 aromatic heterocycles. The molecule has 0 radical (unpaired) electrons. The summed E-state index contributed by atoms with van der Waals surface area (Å²) in [5, 5.41) is 18.6. The SMILES string of the molecule is C[C@@H](O)CNC(C)(C)CC(=O)N[C@@H]1CCc2ccccc2N(CC2=CCC(c3ccccc3NC=O)CC2)C1=O. The van der Waals surface area contributed by atoms with E-state index in [4.69, 9.17) is 0 Å². The van der Waals surface area contributed by atoms with E-state index in [-0.39, 0.29) is 18.2 Å². The van der Waals surface area contributed by atoms with Gasteiger partial charge in [0.1, 0.15) is 6.04 Å². The minimum Gasteiger partial charge on any atom is -0.392 e. The fourth-order valence-corrected chi connectivity index (χ4v) is 5.71. The lowest BCUT2D eigenvalue weighted by atomic mass is 9.83. The van der Waals surface area contributed by atoms with Crippen molar-refractivity contribution in [3.8, 4) is 0 Å². The molecule has 4 N–H and O–H groups in total. The summed E-state index contributed by atoms with van der Waals surface area (Å²) >= 11 is 0. The molecule has 1 unspecified atom stereocenters. The number of aliphatic hydroxyl groups is 1. The molecule has 1 heterocycles. The number of benzene rings is 2. The van der Waals surface area contributed by atoms with Crippen molar-refractivity contribution >= 4 is 29.6 Å². The average Bonchev–Trinajstić information content (AvgIpc) is 3.05. The third-order valence-electron chi connectivity index (χ3n) is 7.84. The number of nitrogens with zero attached hydrogens (tertiary/aromatic N) is 1. The van der Waals surface area contributed by atoms with Gasteiger partial charge in [0, 0.05) is 36.4 Å². The molecular formula is C32H42N4O4. The van der Waals surface area contributed by atoms with Crippen LogP contribution in [0.3, 0.4) is 0 Å². The van der Waals surface area contributed by atoms with E-state index in [2.05, 4.69) is 34.2 Å². The number of carbonyl (C=O) groups excluding carboxylic acids is 3. The number of aryl methyl sites for hydroxylation is 1. The number of rotatable bonds is 11. The van der Waals surface area contributed by atoms with Crippen LogP contribution in [-0.4, -0.2) is 54.1 Å². The van der Waals surface area contributed by atoms with Crippen LogP contribution in [0, 0.1) is 0 Å². The summed E-state index contributed by atoms with van der Waals surface area (Å²) in [5.41, 5.74) is 4.69.